The van der Waals surface area contributed by atoms with E-state index in [9.17, 15) is 0 Å². The van der Waals surface area contributed by atoms with Crippen molar-refractivity contribution in [1.29, 1.82) is 0 Å². The lowest BCUT2D eigenvalue weighted by molar-refractivity contribution is -0.0434. The molecule has 8 heteroatoms. The molecule has 0 aliphatic rings. The van der Waals surface area contributed by atoms with E-state index < -0.39 is 0 Å². The Morgan fingerprint density at radius 2 is 1.84 bits per heavy atom. The highest BCUT2D eigenvalue weighted by atomic mass is 16.5. The second-order valence-corrected chi connectivity index (χ2v) is 7.70. The van der Waals surface area contributed by atoms with Gasteiger partial charge in [0.05, 0.1) is 30.0 Å². The highest BCUT2D eigenvalue weighted by Crippen LogP contribution is 2.19. The molecular formula is C17H29N5O3. The molecule has 0 N–H and O–H groups in total. The number of nitrogens with zero attached hydrogens (tertiary/aromatic N) is 5. The average molecular weight is 351 g/mol. The molecule has 2 rings (SSSR count). The van der Waals surface area contributed by atoms with Crippen molar-refractivity contribution in [2.75, 3.05) is 6.61 Å². The summed E-state index contributed by atoms with van der Waals surface area (Å²) in [6.45, 7) is 13.6. The van der Waals surface area contributed by atoms with Crippen LogP contribution in [0.15, 0.2) is 10.6 Å². The van der Waals surface area contributed by atoms with Gasteiger partial charge in [-0.25, -0.2) is 4.68 Å². The van der Waals surface area contributed by atoms with Crippen molar-refractivity contribution in [2.24, 2.45) is 0 Å². The molecule has 0 fully saturated rings. The van der Waals surface area contributed by atoms with Crippen LogP contribution < -0.4 is 0 Å². The molecule has 8 nitrogen and oxygen atoms in total. The highest BCUT2D eigenvalue weighted by Gasteiger charge is 2.20. The third-order valence-electron chi connectivity index (χ3n) is 3.58. The molecule has 2 aromatic heterocycles. The Balaban J connectivity index is 1.74. The molecule has 0 saturated heterocycles. The van der Waals surface area contributed by atoms with E-state index >= 15 is 0 Å². The molecule has 0 aliphatic carbocycles. The van der Waals surface area contributed by atoms with Gasteiger partial charge in [-0.3, -0.25) is 0 Å². The predicted octanol–water partition coefficient (Wildman–Crippen LogP) is 2.71. The van der Waals surface area contributed by atoms with Crippen molar-refractivity contribution in [3.05, 3.63) is 23.7 Å². The smallest absolute Gasteiger partial charge is 0.242 e. The maximum absolute atomic E-state index is 5.89. The Bertz CT molecular complexity index is 657. The summed E-state index contributed by atoms with van der Waals surface area (Å²) in [5.41, 5.74) is 0.490. The minimum Gasteiger partial charge on any atom is -0.423 e. The second-order valence-electron chi connectivity index (χ2n) is 7.70. The maximum atomic E-state index is 5.89. The minimum atomic E-state index is -0.318. The molecule has 2 aromatic rings. The number of hydrogen-bond acceptors (Lipinski definition) is 7. The first-order valence-corrected chi connectivity index (χ1v) is 8.59. The molecular weight excluding hydrogens is 322 g/mol. The number of ether oxygens (including phenoxy) is 2. The minimum absolute atomic E-state index is 0.137. The Kier molecular flexibility index (Phi) is 6.29. The fourth-order valence-corrected chi connectivity index (χ4v) is 2.16. The number of hydrogen-bond donors (Lipinski definition) is 0. The van der Waals surface area contributed by atoms with Gasteiger partial charge < -0.3 is 13.9 Å². The summed E-state index contributed by atoms with van der Waals surface area (Å²) in [6.07, 6.45) is 3.57. The second kappa shape index (κ2) is 8.05. The lowest BCUT2D eigenvalue weighted by Gasteiger charge is -2.24. The quantitative estimate of drug-likeness (QED) is 0.686. The number of aryl methyl sites for hydroxylation is 2. The van der Waals surface area contributed by atoms with Crippen LogP contribution in [0.25, 0.3) is 0 Å². The van der Waals surface area contributed by atoms with E-state index in [-0.39, 0.29) is 11.2 Å². The standard InChI is InChI=1S/C17H29N5O3/c1-13-18-20-15(25-13)12-24-17(5,6)8-7-14-11-22(21-19-14)9-10-23-16(2,3)4/h11H,7-10,12H2,1-6H3. The first-order valence-electron chi connectivity index (χ1n) is 8.59. The van der Waals surface area contributed by atoms with Crippen LogP contribution in [0.5, 0.6) is 0 Å². The largest absolute Gasteiger partial charge is 0.423 e. The zero-order valence-corrected chi connectivity index (χ0v) is 16.1. The number of rotatable bonds is 9. The van der Waals surface area contributed by atoms with Gasteiger partial charge in [-0.15, -0.1) is 15.3 Å². The van der Waals surface area contributed by atoms with Crippen molar-refractivity contribution >= 4 is 0 Å². The van der Waals surface area contributed by atoms with Crippen LogP contribution in [0.4, 0.5) is 0 Å². The van der Waals surface area contributed by atoms with Crippen LogP contribution in [0.1, 0.15) is 58.5 Å². The molecule has 0 aliphatic heterocycles. The first kappa shape index (κ1) is 19.5. The Hall–Kier alpha value is -1.80. The van der Waals surface area contributed by atoms with E-state index in [0.29, 0.717) is 31.5 Å². The summed E-state index contributed by atoms with van der Waals surface area (Å²) in [5.74, 6) is 1.04. The van der Waals surface area contributed by atoms with Crippen LogP contribution in [0.2, 0.25) is 0 Å². The Labute approximate surface area is 148 Å². The van der Waals surface area contributed by atoms with Crippen LogP contribution in [0, 0.1) is 6.92 Å². The van der Waals surface area contributed by atoms with E-state index in [1.165, 1.54) is 0 Å². The predicted molar refractivity (Wildman–Crippen MR) is 92.0 cm³/mol. The van der Waals surface area contributed by atoms with Gasteiger partial charge in [0.15, 0.2) is 0 Å². The fourth-order valence-electron chi connectivity index (χ4n) is 2.16. The molecule has 0 spiro atoms. The van der Waals surface area contributed by atoms with Crippen molar-refractivity contribution < 1.29 is 13.9 Å². The van der Waals surface area contributed by atoms with Crippen LogP contribution in [-0.2, 0) is 29.0 Å². The molecule has 0 amide bonds. The Morgan fingerprint density at radius 1 is 1.08 bits per heavy atom. The zero-order chi connectivity index (χ0) is 18.5. The highest BCUT2D eigenvalue weighted by molar-refractivity contribution is 4.94. The van der Waals surface area contributed by atoms with Gasteiger partial charge in [0.2, 0.25) is 11.8 Å². The van der Waals surface area contributed by atoms with Crippen molar-refractivity contribution in [3.8, 4) is 0 Å². The summed E-state index contributed by atoms with van der Waals surface area (Å²) in [4.78, 5) is 0. The molecule has 0 unspecified atom stereocenters. The van der Waals surface area contributed by atoms with E-state index in [1.54, 1.807) is 6.92 Å². The van der Waals surface area contributed by atoms with Crippen LogP contribution >= 0.6 is 0 Å². The summed E-state index contributed by atoms with van der Waals surface area (Å²) in [7, 11) is 0. The van der Waals surface area contributed by atoms with Crippen LogP contribution in [0.3, 0.4) is 0 Å². The molecule has 2 heterocycles. The summed E-state index contributed by atoms with van der Waals surface area (Å²) < 4.78 is 18.7. The summed E-state index contributed by atoms with van der Waals surface area (Å²) in [5, 5.41) is 16.1. The number of aromatic nitrogens is 5. The first-order chi connectivity index (χ1) is 11.6. The van der Waals surface area contributed by atoms with Gasteiger partial charge in [0.1, 0.15) is 6.61 Å². The van der Waals surface area contributed by atoms with Crippen LogP contribution in [-0.4, -0.2) is 43.0 Å². The SMILES string of the molecule is Cc1nnc(COC(C)(C)CCc2cn(CCOC(C)(C)C)nn2)o1. The third kappa shape index (κ3) is 7.31. The van der Waals surface area contributed by atoms with Gasteiger partial charge in [-0.1, -0.05) is 5.21 Å². The van der Waals surface area contributed by atoms with Gasteiger partial charge >= 0.3 is 0 Å². The van der Waals surface area contributed by atoms with Gasteiger partial charge in [-0.2, -0.15) is 0 Å². The topological polar surface area (TPSA) is 88.1 Å². The normalized spacial score (nSPS) is 12.7. The zero-order valence-electron chi connectivity index (χ0n) is 16.1. The van der Waals surface area contributed by atoms with E-state index in [0.717, 1.165) is 18.5 Å². The van der Waals surface area contributed by atoms with E-state index in [1.807, 2.05) is 45.5 Å². The van der Waals surface area contributed by atoms with Crippen molar-refractivity contribution in [1.82, 2.24) is 25.2 Å². The lowest BCUT2D eigenvalue weighted by atomic mass is 10.0. The molecule has 0 atom stereocenters. The monoisotopic (exact) mass is 351 g/mol. The maximum Gasteiger partial charge on any atom is 0.242 e. The summed E-state index contributed by atoms with van der Waals surface area (Å²) in [6, 6.07) is 0. The molecule has 0 saturated carbocycles. The third-order valence-corrected chi connectivity index (χ3v) is 3.58. The van der Waals surface area contributed by atoms with E-state index in [4.69, 9.17) is 13.9 Å². The van der Waals surface area contributed by atoms with E-state index in [2.05, 4.69) is 20.5 Å². The lowest BCUT2D eigenvalue weighted by Crippen LogP contribution is -2.25. The molecule has 25 heavy (non-hydrogen) atoms. The molecule has 140 valence electrons. The van der Waals surface area contributed by atoms with Gasteiger partial charge in [0.25, 0.3) is 0 Å². The fraction of sp³-hybridized carbons (Fsp3) is 0.765. The molecule has 0 radical (unpaired) electrons. The van der Waals surface area contributed by atoms with Gasteiger partial charge in [-0.05, 0) is 47.5 Å². The molecule has 0 bridgehead atoms. The average Bonchev–Trinajstić information content (AvgIpc) is 3.11. The van der Waals surface area contributed by atoms with Crippen molar-refractivity contribution in [2.45, 2.75) is 78.7 Å². The van der Waals surface area contributed by atoms with Gasteiger partial charge in [0, 0.05) is 13.1 Å². The molecule has 0 aromatic carbocycles. The van der Waals surface area contributed by atoms with Crippen molar-refractivity contribution in [3.63, 3.8) is 0 Å². The Morgan fingerprint density at radius 3 is 2.48 bits per heavy atom. The summed E-state index contributed by atoms with van der Waals surface area (Å²) >= 11 is 0.